The lowest BCUT2D eigenvalue weighted by atomic mass is 10.0. The van der Waals surface area contributed by atoms with Crippen LogP contribution in [0.5, 0.6) is 0 Å². The number of nitrogens with zero attached hydrogens (tertiary/aromatic N) is 1. The Labute approximate surface area is 82.1 Å². The van der Waals surface area contributed by atoms with Crippen LogP contribution >= 0.6 is 0 Å². The van der Waals surface area contributed by atoms with Crippen LogP contribution in [0.2, 0.25) is 0 Å². The van der Waals surface area contributed by atoms with Crippen LogP contribution in [0, 0.1) is 0 Å². The molecule has 1 rings (SSSR count). The SMILES string of the molecule is CCNC(=O)N1CCC(N)(C(=O)O)C1. The second-order valence-corrected chi connectivity index (χ2v) is 3.47. The fraction of sp³-hybridized carbons (Fsp3) is 0.750. The van der Waals surface area contributed by atoms with Gasteiger partial charge in [0, 0.05) is 13.1 Å². The highest BCUT2D eigenvalue weighted by molar-refractivity contribution is 5.82. The molecule has 1 fully saturated rings. The van der Waals surface area contributed by atoms with E-state index >= 15 is 0 Å². The van der Waals surface area contributed by atoms with Crippen molar-refractivity contribution < 1.29 is 14.7 Å². The molecule has 0 aliphatic carbocycles. The summed E-state index contributed by atoms with van der Waals surface area (Å²) in [7, 11) is 0. The van der Waals surface area contributed by atoms with E-state index in [1.165, 1.54) is 4.90 Å². The van der Waals surface area contributed by atoms with E-state index in [1.807, 2.05) is 0 Å². The van der Waals surface area contributed by atoms with Crippen LogP contribution in [0.25, 0.3) is 0 Å². The lowest BCUT2D eigenvalue weighted by Crippen LogP contribution is -2.51. The number of rotatable bonds is 2. The van der Waals surface area contributed by atoms with Crippen molar-refractivity contribution in [2.75, 3.05) is 19.6 Å². The molecule has 0 radical (unpaired) electrons. The first kappa shape index (κ1) is 10.8. The zero-order valence-electron chi connectivity index (χ0n) is 8.12. The number of nitrogens with two attached hydrogens (primary N) is 1. The molecule has 6 nitrogen and oxygen atoms in total. The zero-order valence-corrected chi connectivity index (χ0v) is 8.12. The molecule has 6 heteroatoms. The second-order valence-electron chi connectivity index (χ2n) is 3.47. The number of hydrogen-bond donors (Lipinski definition) is 3. The fourth-order valence-electron chi connectivity index (χ4n) is 1.44. The molecule has 1 aliphatic rings. The van der Waals surface area contributed by atoms with Crippen molar-refractivity contribution >= 4 is 12.0 Å². The monoisotopic (exact) mass is 201 g/mol. The van der Waals surface area contributed by atoms with Crippen molar-refractivity contribution in [2.24, 2.45) is 5.73 Å². The van der Waals surface area contributed by atoms with Crippen LogP contribution in [0.4, 0.5) is 4.79 Å². The first-order valence-electron chi connectivity index (χ1n) is 4.54. The summed E-state index contributed by atoms with van der Waals surface area (Å²) in [5.41, 5.74) is 4.33. The minimum atomic E-state index is -1.27. The molecular formula is C8H15N3O3. The molecule has 0 bridgehead atoms. The predicted octanol–water partition coefficient (Wildman–Crippen LogP) is -0.796. The quantitative estimate of drug-likeness (QED) is 0.545. The summed E-state index contributed by atoms with van der Waals surface area (Å²) in [6.45, 7) is 2.81. The van der Waals surface area contributed by atoms with Crippen LogP contribution in [-0.2, 0) is 4.79 Å². The van der Waals surface area contributed by atoms with Gasteiger partial charge in [0.2, 0.25) is 0 Å². The molecule has 1 saturated heterocycles. The topological polar surface area (TPSA) is 95.7 Å². The van der Waals surface area contributed by atoms with Gasteiger partial charge in [-0.25, -0.2) is 4.79 Å². The smallest absolute Gasteiger partial charge is 0.325 e. The summed E-state index contributed by atoms with van der Waals surface area (Å²) in [5, 5.41) is 11.4. The van der Waals surface area contributed by atoms with Gasteiger partial charge in [-0.1, -0.05) is 0 Å². The molecule has 0 saturated carbocycles. The number of hydrogen-bond acceptors (Lipinski definition) is 3. The Balaban J connectivity index is 2.56. The number of carboxylic acid groups (broad SMARTS) is 1. The summed E-state index contributed by atoms with van der Waals surface area (Å²) in [4.78, 5) is 23.5. The first-order valence-corrected chi connectivity index (χ1v) is 4.54. The van der Waals surface area contributed by atoms with Crippen molar-refractivity contribution in [3.63, 3.8) is 0 Å². The van der Waals surface area contributed by atoms with E-state index in [9.17, 15) is 9.59 Å². The van der Waals surface area contributed by atoms with E-state index in [0.29, 0.717) is 19.5 Å². The Hall–Kier alpha value is -1.30. The molecule has 1 aliphatic heterocycles. The fourth-order valence-corrected chi connectivity index (χ4v) is 1.44. The third-order valence-corrected chi connectivity index (χ3v) is 2.34. The lowest BCUT2D eigenvalue weighted by Gasteiger charge is -2.20. The molecule has 0 aromatic rings. The lowest BCUT2D eigenvalue weighted by molar-refractivity contribution is -0.142. The Morgan fingerprint density at radius 2 is 2.29 bits per heavy atom. The molecule has 0 aromatic heterocycles. The maximum Gasteiger partial charge on any atom is 0.325 e. The van der Waals surface area contributed by atoms with Crippen molar-refractivity contribution in [3.05, 3.63) is 0 Å². The van der Waals surface area contributed by atoms with Crippen LogP contribution in [-0.4, -0.2) is 47.2 Å². The van der Waals surface area contributed by atoms with Gasteiger partial charge < -0.3 is 21.1 Å². The molecule has 1 unspecified atom stereocenters. The number of carbonyl (C=O) groups is 2. The van der Waals surface area contributed by atoms with Gasteiger partial charge in [0.1, 0.15) is 5.54 Å². The molecular weight excluding hydrogens is 186 g/mol. The van der Waals surface area contributed by atoms with Gasteiger partial charge in [0.25, 0.3) is 0 Å². The normalized spacial score (nSPS) is 26.3. The third-order valence-electron chi connectivity index (χ3n) is 2.34. The summed E-state index contributed by atoms with van der Waals surface area (Å²) in [6, 6.07) is -0.249. The molecule has 4 N–H and O–H groups in total. The molecule has 0 aromatic carbocycles. The predicted molar refractivity (Wildman–Crippen MR) is 49.8 cm³/mol. The summed E-state index contributed by atoms with van der Waals surface area (Å²) in [5.74, 6) is -1.05. The molecule has 14 heavy (non-hydrogen) atoms. The van der Waals surface area contributed by atoms with Crippen molar-refractivity contribution in [2.45, 2.75) is 18.9 Å². The highest BCUT2D eigenvalue weighted by Gasteiger charge is 2.42. The number of carboxylic acids is 1. The van der Waals surface area contributed by atoms with Gasteiger partial charge in [0.05, 0.1) is 6.54 Å². The summed E-state index contributed by atoms with van der Waals surface area (Å²) < 4.78 is 0. The van der Waals surface area contributed by atoms with Crippen LogP contribution in [0.1, 0.15) is 13.3 Å². The first-order chi connectivity index (χ1) is 6.49. The molecule has 1 heterocycles. The van der Waals surface area contributed by atoms with Crippen molar-refractivity contribution in [3.8, 4) is 0 Å². The Bertz CT molecular complexity index is 256. The highest BCUT2D eigenvalue weighted by Crippen LogP contribution is 2.18. The van der Waals surface area contributed by atoms with E-state index in [4.69, 9.17) is 10.8 Å². The van der Waals surface area contributed by atoms with Crippen LogP contribution in [0.15, 0.2) is 0 Å². The minimum absolute atomic E-state index is 0.0775. The van der Waals surface area contributed by atoms with Gasteiger partial charge >= 0.3 is 12.0 Å². The number of aliphatic carboxylic acids is 1. The molecule has 2 amide bonds. The van der Waals surface area contributed by atoms with E-state index in [0.717, 1.165) is 0 Å². The summed E-state index contributed by atoms with van der Waals surface area (Å²) in [6.07, 6.45) is 0.305. The van der Waals surface area contributed by atoms with E-state index in [2.05, 4.69) is 5.32 Å². The Kier molecular flexibility index (Phi) is 2.95. The number of urea groups is 1. The minimum Gasteiger partial charge on any atom is -0.480 e. The number of carbonyl (C=O) groups excluding carboxylic acids is 1. The van der Waals surface area contributed by atoms with E-state index in [1.54, 1.807) is 6.92 Å². The second kappa shape index (κ2) is 3.83. The third kappa shape index (κ3) is 1.95. The highest BCUT2D eigenvalue weighted by atomic mass is 16.4. The number of nitrogens with one attached hydrogen (secondary N) is 1. The van der Waals surface area contributed by atoms with E-state index < -0.39 is 11.5 Å². The van der Waals surface area contributed by atoms with Gasteiger partial charge in [-0.2, -0.15) is 0 Å². The number of likely N-dealkylation sites (tertiary alicyclic amines) is 1. The van der Waals surface area contributed by atoms with Gasteiger partial charge in [-0.15, -0.1) is 0 Å². The maximum absolute atomic E-state index is 11.3. The average molecular weight is 201 g/mol. The largest absolute Gasteiger partial charge is 0.480 e. The molecule has 1 atom stereocenters. The number of amides is 2. The van der Waals surface area contributed by atoms with Crippen LogP contribution < -0.4 is 11.1 Å². The maximum atomic E-state index is 11.3. The van der Waals surface area contributed by atoms with Gasteiger partial charge in [-0.3, -0.25) is 4.79 Å². The molecule has 0 spiro atoms. The standard InChI is InChI=1S/C8H15N3O3/c1-2-10-7(14)11-4-3-8(9,5-11)6(12)13/h2-5,9H2,1H3,(H,10,14)(H,12,13). The van der Waals surface area contributed by atoms with Gasteiger partial charge in [0.15, 0.2) is 0 Å². The van der Waals surface area contributed by atoms with Crippen molar-refractivity contribution in [1.29, 1.82) is 0 Å². The average Bonchev–Trinajstić information content (AvgIpc) is 2.50. The van der Waals surface area contributed by atoms with E-state index in [-0.39, 0.29) is 12.6 Å². The summed E-state index contributed by atoms with van der Waals surface area (Å²) >= 11 is 0. The molecule has 80 valence electrons. The Morgan fingerprint density at radius 3 is 2.71 bits per heavy atom. The van der Waals surface area contributed by atoms with Crippen molar-refractivity contribution in [1.82, 2.24) is 10.2 Å². The van der Waals surface area contributed by atoms with Gasteiger partial charge in [-0.05, 0) is 13.3 Å². The Morgan fingerprint density at radius 1 is 1.64 bits per heavy atom. The zero-order chi connectivity index (χ0) is 10.8. The van der Waals surface area contributed by atoms with Crippen LogP contribution in [0.3, 0.4) is 0 Å².